The van der Waals surface area contributed by atoms with Gasteiger partial charge >= 0.3 is 0 Å². The van der Waals surface area contributed by atoms with Crippen molar-refractivity contribution in [3.8, 4) is 0 Å². The second kappa shape index (κ2) is 8.60. The molecule has 0 spiro atoms. The third kappa shape index (κ3) is 6.72. The molecule has 0 aliphatic heterocycles. The van der Waals surface area contributed by atoms with Crippen molar-refractivity contribution in [1.29, 1.82) is 0 Å². The van der Waals surface area contributed by atoms with E-state index < -0.39 is 0 Å². The summed E-state index contributed by atoms with van der Waals surface area (Å²) in [5.41, 5.74) is 0. The molecule has 0 saturated heterocycles. The third-order valence-electron chi connectivity index (χ3n) is 2.65. The highest BCUT2D eigenvalue weighted by atomic mass is 32.1. The molecule has 2 heteroatoms. The lowest BCUT2D eigenvalue weighted by atomic mass is 10.1. The van der Waals surface area contributed by atoms with Crippen LogP contribution in [0.3, 0.4) is 0 Å². The molecule has 0 aliphatic carbocycles. The Bertz CT molecular complexity index is 115. The molecule has 14 heavy (non-hydrogen) atoms. The van der Waals surface area contributed by atoms with E-state index >= 15 is 0 Å². The van der Waals surface area contributed by atoms with Gasteiger partial charge in [-0.1, -0.05) is 12.8 Å². The first-order valence-corrected chi connectivity index (χ1v) is 6.59. The number of thiol groups is 1. The van der Waals surface area contributed by atoms with Crippen LogP contribution >= 0.6 is 12.6 Å². The lowest BCUT2D eigenvalue weighted by molar-refractivity contribution is 0.171. The maximum absolute atomic E-state index is 4.22. The molecule has 0 aromatic heterocycles. The van der Waals surface area contributed by atoms with Gasteiger partial charge in [0.05, 0.1) is 0 Å². The van der Waals surface area contributed by atoms with E-state index in [0.29, 0.717) is 12.1 Å². The Hall–Kier alpha value is 0.310. The number of hydrogen-bond donors (Lipinski definition) is 1. The molecule has 0 saturated carbocycles. The molecule has 0 unspecified atom stereocenters. The van der Waals surface area contributed by atoms with Gasteiger partial charge in [-0.15, -0.1) is 0 Å². The lowest BCUT2D eigenvalue weighted by Gasteiger charge is -2.30. The second-order valence-electron chi connectivity index (χ2n) is 4.56. The number of hydrogen-bond acceptors (Lipinski definition) is 2. The van der Waals surface area contributed by atoms with Gasteiger partial charge in [-0.05, 0) is 52.8 Å². The van der Waals surface area contributed by atoms with Crippen LogP contribution < -0.4 is 0 Å². The average molecular weight is 217 g/mol. The maximum Gasteiger partial charge on any atom is 0.00412 e. The van der Waals surface area contributed by atoms with E-state index in [0.717, 1.165) is 5.75 Å². The topological polar surface area (TPSA) is 3.24 Å². The Kier molecular flexibility index (Phi) is 8.80. The predicted molar refractivity (Wildman–Crippen MR) is 69.3 cm³/mol. The van der Waals surface area contributed by atoms with Crippen LogP contribution in [0.4, 0.5) is 0 Å². The molecular weight excluding hydrogens is 190 g/mol. The molecule has 0 radical (unpaired) electrons. The largest absolute Gasteiger partial charge is 0.299 e. The standard InChI is InChI=1S/C12H27NS/c1-11(2)13(12(3)4)9-7-5-6-8-10-14/h11-12,14H,5-10H2,1-4H3. The number of nitrogens with zero attached hydrogens (tertiary/aromatic N) is 1. The Morgan fingerprint density at radius 2 is 1.36 bits per heavy atom. The summed E-state index contributed by atoms with van der Waals surface area (Å²) in [7, 11) is 0. The van der Waals surface area contributed by atoms with Crippen LogP contribution in [0.15, 0.2) is 0 Å². The van der Waals surface area contributed by atoms with Gasteiger partial charge in [0, 0.05) is 12.1 Å². The minimum Gasteiger partial charge on any atom is -0.299 e. The Labute approximate surface area is 95.7 Å². The molecule has 0 fully saturated rings. The van der Waals surface area contributed by atoms with E-state index in [1.54, 1.807) is 0 Å². The molecule has 0 amide bonds. The molecule has 0 bridgehead atoms. The summed E-state index contributed by atoms with van der Waals surface area (Å²) in [4.78, 5) is 2.57. The minimum atomic E-state index is 0.680. The minimum absolute atomic E-state index is 0.680. The van der Waals surface area contributed by atoms with Crippen molar-refractivity contribution in [2.24, 2.45) is 0 Å². The SMILES string of the molecule is CC(C)N(CCCCCCS)C(C)C. The summed E-state index contributed by atoms with van der Waals surface area (Å²) in [6, 6.07) is 1.36. The molecule has 0 rings (SSSR count). The van der Waals surface area contributed by atoms with Crippen molar-refractivity contribution in [2.45, 2.75) is 65.5 Å². The van der Waals surface area contributed by atoms with Gasteiger partial charge in [-0.3, -0.25) is 4.90 Å². The van der Waals surface area contributed by atoms with E-state index in [9.17, 15) is 0 Å². The van der Waals surface area contributed by atoms with Crippen molar-refractivity contribution in [3.05, 3.63) is 0 Å². The first kappa shape index (κ1) is 14.3. The summed E-state index contributed by atoms with van der Waals surface area (Å²) in [6.07, 6.45) is 5.31. The van der Waals surface area contributed by atoms with E-state index in [1.807, 2.05) is 0 Å². The van der Waals surface area contributed by atoms with Gasteiger partial charge in [0.1, 0.15) is 0 Å². The van der Waals surface area contributed by atoms with Gasteiger partial charge in [0.15, 0.2) is 0 Å². The highest BCUT2D eigenvalue weighted by molar-refractivity contribution is 7.80. The Morgan fingerprint density at radius 3 is 1.79 bits per heavy atom. The molecule has 0 aromatic rings. The number of unbranched alkanes of at least 4 members (excludes halogenated alkanes) is 3. The van der Waals surface area contributed by atoms with Gasteiger partial charge in [0.25, 0.3) is 0 Å². The smallest absolute Gasteiger partial charge is 0.00412 e. The van der Waals surface area contributed by atoms with Gasteiger partial charge in [0.2, 0.25) is 0 Å². The molecular formula is C12H27NS. The zero-order chi connectivity index (χ0) is 11.0. The van der Waals surface area contributed by atoms with E-state index in [4.69, 9.17) is 0 Å². The molecule has 0 aromatic carbocycles. The zero-order valence-electron chi connectivity index (χ0n) is 10.3. The van der Waals surface area contributed by atoms with Crippen molar-refractivity contribution < 1.29 is 0 Å². The van der Waals surface area contributed by atoms with E-state index in [-0.39, 0.29) is 0 Å². The maximum atomic E-state index is 4.22. The van der Waals surface area contributed by atoms with Crippen LogP contribution in [-0.4, -0.2) is 29.3 Å². The molecule has 86 valence electrons. The summed E-state index contributed by atoms with van der Waals surface area (Å²) in [5, 5.41) is 0. The summed E-state index contributed by atoms with van der Waals surface area (Å²) in [6.45, 7) is 10.4. The second-order valence-corrected chi connectivity index (χ2v) is 5.01. The van der Waals surface area contributed by atoms with Gasteiger partial charge in [-0.25, -0.2) is 0 Å². The summed E-state index contributed by atoms with van der Waals surface area (Å²) in [5.74, 6) is 1.04. The summed E-state index contributed by atoms with van der Waals surface area (Å²) >= 11 is 4.22. The average Bonchev–Trinajstić information content (AvgIpc) is 2.09. The van der Waals surface area contributed by atoms with Crippen LogP contribution in [-0.2, 0) is 0 Å². The first-order valence-electron chi connectivity index (χ1n) is 5.96. The summed E-state index contributed by atoms with van der Waals surface area (Å²) < 4.78 is 0. The van der Waals surface area contributed by atoms with E-state index in [1.165, 1.54) is 32.2 Å². The normalized spacial score (nSPS) is 12.0. The first-order chi connectivity index (χ1) is 6.59. The van der Waals surface area contributed by atoms with Crippen molar-refractivity contribution in [3.63, 3.8) is 0 Å². The molecule has 0 atom stereocenters. The van der Waals surface area contributed by atoms with Crippen LogP contribution in [0.5, 0.6) is 0 Å². The third-order valence-corrected chi connectivity index (χ3v) is 2.97. The van der Waals surface area contributed by atoms with Gasteiger partial charge in [-0.2, -0.15) is 12.6 Å². The lowest BCUT2D eigenvalue weighted by Crippen LogP contribution is -2.37. The highest BCUT2D eigenvalue weighted by Crippen LogP contribution is 2.08. The van der Waals surface area contributed by atoms with Crippen molar-refractivity contribution >= 4 is 12.6 Å². The molecule has 0 aliphatic rings. The fourth-order valence-corrected chi connectivity index (χ4v) is 2.10. The number of rotatable bonds is 8. The van der Waals surface area contributed by atoms with Crippen LogP contribution in [0.2, 0.25) is 0 Å². The van der Waals surface area contributed by atoms with Crippen molar-refractivity contribution in [2.75, 3.05) is 12.3 Å². The van der Waals surface area contributed by atoms with Crippen molar-refractivity contribution in [1.82, 2.24) is 4.90 Å². The van der Waals surface area contributed by atoms with E-state index in [2.05, 4.69) is 45.2 Å². The highest BCUT2D eigenvalue weighted by Gasteiger charge is 2.11. The van der Waals surface area contributed by atoms with Crippen LogP contribution in [0.25, 0.3) is 0 Å². The fraction of sp³-hybridized carbons (Fsp3) is 1.00. The van der Waals surface area contributed by atoms with Gasteiger partial charge < -0.3 is 0 Å². The predicted octanol–water partition coefficient (Wildman–Crippen LogP) is 3.60. The molecule has 0 N–H and O–H groups in total. The van der Waals surface area contributed by atoms with Crippen LogP contribution in [0, 0.1) is 0 Å². The molecule has 1 nitrogen and oxygen atoms in total. The quantitative estimate of drug-likeness (QED) is 0.480. The Morgan fingerprint density at radius 1 is 0.857 bits per heavy atom. The zero-order valence-corrected chi connectivity index (χ0v) is 11.2. The fourth-order valence-electron chi connectivity index (χ4n) is 1.87. The monoisotopic (exact) mass is 217 g/mol. The molecule has 0 heterocycles. The van der Waals surface area contributed by atoms with Crippen LogP contribution in [0.1, 0.15) is 53.4 Å². The Balaban J connectivity index is 3.52.